The van der Waals surface area contributed by atoms with E-state index in [2.05, 4.69) is 18.4 Å². The quantitative estimate of drug-likeness (QED) is 0.0824. The van der Waals surface area contributed by atoms with Crippen LogP contribution in [0.5, 0.6) is 11.5 Å². The number of ether oxygens (including phenoxy) is 2. The molecule has 0 N–H and O–H groups in total. The monoisotopic (exact) mass is 573 g/mol. The highest BCUT2D eigenvalue weighted by atomic mass is 16.5. The Morgan fingerprint density at radius 2 is 1.33 bits per heavy atom. The lowest BCUT2D eigenvalue weighted by Gasteiger charge is -2.21. The van der Waals surface area contributed by atoms with Crippen LogP contribution in [0, 0.1) is 0 Å². The number of aryl methyl sites for hydroxylation is 1. The smallest absolute Gasteiger partial charge is 0.261 e. The molecular weight excluding hydrogens is 524 g/mol. The normalized spacial score (nSPS) is 10.8. The molecule has 3 aromatic rings. The van der Waals surface area contributed by atoms with Crippen LogP contribution in [0.2, 0.25) is 0 Å². The van der Waals surface area contributed by atoms with Gasteiger partial charge in [-0.15, -0.1) is 0 Å². The lowest BCUT2D eigenvalue weighted by Crippen LogP contribution is -2.44. The highest BCUT2D eigenvalue weighted by Crippen LogP contribution is 2.29. The van der Waals surface area contributed by atoms with Crippen LogP contribution >= 0.6 is 0 Å². The van der Waals surface area contributed by atoms with Crippen molar-refractivity contribution >= 4 is 11.8 Å². The van der Waals surface area contributed by atoms with Gasteiger partial charge in [0.15, 0.2) is 17.7 Å². The number of unbranched alkanes of at least 4 members (excludes halogenated alkanes) is 9. The number of nitrogens with zero attached hydrogens (tertiary/aromatic N) is 2. The summed E-state index contributed by atoms with van der Waals surface area (Å²) in [5.74, 6) is 0.374. The summed E-state index contributed by atoms with van der Waals surface area (Å²) in [6, 6.07) is 19.9. The second kappa shape index (κ2) is 18.7. The van der Waals surface area contributed by atoms with Gasteiger partial charge in [0, 0.05) is 29.7 Å². The highest BCUT2D eigenvalue weighted by molar-refractivity contribution is 6.10. The van der Waals surface area contributed by atoms with Crippen LogP contribution in [-0.4, -0.2) is 30.4 Å². The molecule has 0 aliphatic carbocycles. The minimum atomic E-state index is -0.379. The first-order valence-electron chi connectivity index (χ1n) is 15.8. The molecule has 0 atom stereocenters. The predicted octanol–water partition coefficient (Wildman–Crippen LogP) is 8.18. The van der Waals surface area contributed by atoms with Crippen LogP contribution in [0.25, 0.3) is 0 Å². The number of carbonyl (C=O) groups excluding carboxylic acids is 2. The molecule has 1 aromatic heterocycles. The minimum Gasteiger partial charge on any atom is -0.493 e. The average Bonchev–Trinajstić information content (AvgIpc) is 3.03. The highest BCUT2D eigenvalue weighted by Gasteiger charge is 2.28. The van der Waals surface area contributed by atoms with Crippen molar-refractivity contribution < 1.29 is 23.6 Å². The summed E-state index contributed by atoms with van der Waals surface area (Å²) in [5, 5.41) is 0. The van der Waals surface area contributed by atoms with E-state index in [1.54, 1.807) is 49.6 Å². The first-order chi connectivity index (χ1) is 20.6. The van der Waals surface area contributed by atoms with E-state index in [1.807, 2.05) is 30.5 Å². The van der Waals surface area contributed by atoms with Crippen molar-refractivity contribution in [2.24, 2.45) is 0 Å². The molecule has 2 amide bonds. The summed E-state index contributed by atoms with van der Waals surface area (Å²) >= 11 is 0. The Bertz CT molecular complexity index is 1230. The number of benzene rings is 2. The molecule has 0 aliphatic heterocycles. The molecule has 0 fully saturated rings. The fourth-order valence-electron chi connectivity index (χ4n) is 5.10. The lowest BCUT2D eigenvalue weighted by atomic mass is 10.1. The Balaban J connectivity index is 1.65. The van der Waals surface area contributed by atoms with Gasteiger partial charge in [0.2, 0.25) is 5.69 Å². The van der Waals surface area contributed by atoms with Gasteiger partial charge in [0.25, 0.3) is 11.8 Å². The number of amides is 2. The van der Waals surface area contributed by atoms with Crippen molar-refractivity contribution in [1.29, 1.82) is 0 Å². The Morgan fingerprint density at radius 3 is 2.00 bits per heavy atom. The molecule has 226 valence electrons. The van der Waals surface area contributed by atoms with Gasteiger partial charge >= 0.3 is 0 Å². The molecule has 42 heavy (non-hydrogen) atoms. The van der Waals surface area contributed by atoms with Gasteiger partial charge in [-0.05, 0) is 36.8 Å². The van der Waals surface area contributed by atoms with E-state index < -0.39 is 0 Å². The van der Waals surface area contributed by atoms with Crippen molar-refractivity contribution in [3.05, 3.63) is 89.7 Å². The van der Waals surface area contributed by atoms with Crippen molar-refractivity contribution in [3.8, 4) is 11.5 Å². The predicted molar refractivity (Wildman–Crippen MR) is 168 cm³/mol. The molecule has 6 heteroatoms. The van der Waals surface area contributed by atoms with Gasteiger partial charge in [-0.2, -0.15) is 0 Å². The maximum Gasteiger partial charge on any atom is 0.261 e. The van der Waals surface area contributed by atoms with Crippen LogP contribution in [0.1, 0.15) is 111 Å². The van der Waals surface area contributed by atoms with Crippen LogP contribution in [0.3, 0.4) is 0 Å². The van der Waals surface area contributed by atoms with Crippen molar-refractivity contribution in [1.82, 2.24) is 4.90 Å². The second-order valence-electron chi connectivity index (χ2n) is 10.8. The van der Waals surface area contributed by atoms with Crippen LogP contribution in [0.4, 0.5) is 0 Å². The molecule has 0 saturated heterocycles. The van der Waals surface area contributed by atoms with Crippen LogP contribution < -0.4 is 14.0 Å². The van der Waals surface area contributed by atoms with Gasteiger partial charge in [0.1, 0.15) is 13.1 Å². The van der Waals surface area contributed by atoms with Gasteiger partial charge in [-0.1, -0.05) is 95.9 Å². The largest absolute Gasteiger partial charge is 0.493 e. The topological polar surface area (TPSA) is 59.7 Å². The van der Waals surface area contributed by atoms with Gasteiger partial charge in [-0.3, -0.25) is 14.5 Å². The third kappa shape index (κ3) is 10.3. The zero-order valence-corrected chi connectivity index (χ0v) is 25.9. The maximum atomic E-state index is 13.9. The number of methoxy groups -OCH3 is 1. The molecule has 3 rings (SSSR count). The second-order valence-corrected chi connectivity index (χ2v) is 10.8. The molecule has 0 radical (unpaired) electrons. The molecule has 0 aliphatic rings. The fourth-order valence-corrected chi connectivity index (χ4v) is 5.10. The van der Waals surface area contributed by atoms with Crippen molar-refractivity contribution in [2.75, 3.05) is 13.7 Å². The molecule has 1 heterocycles. The molecule has 2 aromatic carbocycles. The van der Waals surface area contributed by atoms with E-state index in [-0.39, 0.29) is 18.4 Å². The number of carbonyl (C=O) groups is 2. The SMILES string of the molecule is CCCCCCCCCCCCOc1ccc(C(=O)N(Cc2cccc[n+]2CCC)C(=O)c2ccccc2)cc1OC. The van der Waals surface area contributed by atoms with Gasteiger partial charge in [-0.25, -0.2) is 4.57 Å². The van der Waals surface area contributed by atoms with Crippen LogP contribution in [-0.2, 0) is 13.1 Å². The number of hydrogen-bond donors (Lipinski definition) is 0. The average molecular weight is 574 g/mol. The first-order valence-corrected chi connectivity index (χ1v) is 15.8. The van der Waals surface area contributed by atoms with Gasteiger partial charge in [0.05, 0.1) is 13.7 Å². The number of hydrogen-bond acceptors (Lipinski definition) is 4. The van der Waals surface area contributed by atoms with Crippen LogP contribution in [0.15, 0.2) is 72.9 Å². The van der Waals surface area contributed by atoms with Gasteiger partial charge < -0.3 is 9.47 Å². The third-order valence-electron chi connectivity index (χ3n) is 7.50. The summed E-state index contributed by atoms with van der Waals surface area (Å²) in [6.45, 7) is 5.92. The zero-order chi connectivity index (χ0) is 30.0. The fraction of sp³-hybridized carbons (Fsp3) is 0.472. The minimum absolute atomic E-state index is 0.159. The number of rotatable bonds is 19. The van der Waals surface area contributed by atoms with E-state index >= 15 is 0 Å². The van der Waals surface area contributed by atoms with E-state index in [1.165, 1.54) is 56.3 Å². The Morgan fingerprint density at radius 1 is 0.690 bits per heavy atom. The van der Waals surface area contributed by atoms with Crippen molar-refractivity contribution in [3.63, 3.8) is 0 Å². The molecule has 0 saturated carbocycles. The third-order valence-corrected chi connectivity index (χ3v) is 7.50. The Labute approximate surface area is 252 Å². The van der Waals surface area contributed by atoms with Crippen molar-refractivity contribution in [2.45, 2.75) is 97.6 Å². The molecule has 6 nitrogen and oxygen atoms in total. The Hall–Kier alpha value is -3.67. The standard InChI is InChI=1S/C36H49N2O4/c1-4-6-7-8-9-10-11-12-13-19-27-42-33-24-23-31(28-34(33)41-3)36(40)38(35(39)30-20-15-14-16-21-30)29-32-22-17-18-26-37(32)25-5-2/h14-18,20-24,26,28H,4-13,19,25,27,29H2,1-3H3/q+1. The lowest BCUT2D eigenvalue weighted by molar-refractivity contribution is -0.704. The molecule has 0 spiro atoms. The summed E-state index contributed by atoms with van der Waals surface area (Å²) in [5.41, 5.74) is 1.73. The summed E-state index contributed by atoms with van der Waals surface area (Å²) in [6.07, 6.45) is 15.6. The van der Waals surface area contributed by atoms with E-state index in [0.717, 1.165) is 31.5 Å². The molecule has 0 bridgehead atoms. The summed E-state index contributed by atoms with van der Waals surface area (Å²) < 4.78 is 13.7. The maximum absolute atomic E-state index is 13.9. The summed E-state index contributed by atoms with van der Waals surface area (Å²) in [7, 11) is 1.57. The Kier molecular flexibility index (Phi) is 14.6. The summed E-state index contributed by atoms with van der Waals surface area (Å²) in [4.78, 5) is 28.8. The number of imide groups is 1. The van der Waals surface area contributed by atoms with E-state index in [9.17, 15) is 9.59 Å². The number of pyridine rings is 1. The molecule has 0 unspecified atom stereocenters. The molecular formula is C36H49N2O4+. The number of aromatic nitrogens is 1. The van der Waals surface area contributed by atoms with E-state index in [0.29, 0.717) is 29.2 Å². The zero-order valence-electron chi connectivity index (χ0n) is 25.9. The first kappa shape index (κ1) is 32.8. The van der Waals surface area contributed by atoms with E-state index in [4.69, 9.17) is 9.47 Å².